The lowest BCUT2D eigenvalue weighted by Gasteiger charge is -2.23. The molecule has 0 spiro atoms. The second-order valence-electron chi connectivity index (χ2n) is 6.33. The first-order valence-corrected chi connectivity index (χ1v) is 8.85. The third-order valence-electron chi connectivity index (χ3n) is 4.30. The van der Waals surface area contributed by atoms with Gasteiger partial charge in [-0.15, -0.1) is 0 Å². The summed E-state index contributed by atoms with van der Waals surface area (Å²) in [7, 11) is 1.55. The van der Waals surface area contributed by atoms with Crippen LogP contribution in [0.15, 0.2) is 60.9 Å². The number of carbonyl (C=O) groups is 1. The second-order valence-corrected chi connectivity index (χ2v) is 6.33. The fraction of sp³-hybridized carbons (Fsp3) is 0.238. The van der Waals surface area contributed by atoms with E-state index in [1.807, 2.05) is 10.6 Å². The monoisotopic (exact) mass is 385 g/mol. The van der Waals surface area contributed by atoms with Gasteiger partial charge in [0.1, 0.15) is 17.5 Å². The van der Waals surface area contributed by atoms with Gasteiger partial charge in [0.15, 0.2) is 0 Å². The van der Waals surface area contributed by atoms with E-state index in [0.717, 1.165) is 5.56 Å². The van der Waals surface area contributed by atoms with Gasteiger partial charge in [-0.25, -0.2) is 13.8 Å². The molecule has 0 aliphatic heterocycles. The quantitative estimate of drug-likeness (QED) is 0.596. The zero-order valence-electron chi connectivity index (χ0n) is 15.5. The Morgan fingerprint density at radius 1 is 1.14 bits per heavy atom. The summed E-state index contributed by atoms with van der Waals surface area (Å²) in [4.78, 5) is 18.8. The van der Waals surface area contributed by atoms with Gasteiger partial charge in [0.25, 0.3) is 5.91 Å². The van der Waals surface area contributed by atoms with E-state index in [9.17, 15) is 13.6 Å². The second kappa shape index (κ2) is 9.23. The number of rotatable bonds is 8. The Balaban J connectivity index is 1.80. The molecule has 2 aromatic carbocycles. The van der Waals surface area contributed by atoms with E-state index in [1.165, 1.54) is 30.3 Å². The first-order valence-electron chi connectivity index (χ1n) is 8.85. The molecule has 1 amide bonds. The lowest BCUT2D eigenvalue weighted by atomic mass is 10.2. The molecule has 0 saturated carbocycles. The van der Waals surface area contributed by atoms with Gasteiger partial charge in [-0.3, -0.25) is 4.79 Å². The summed E-state index contributed by atoms with van der Waals surface area (Å²) in [5.41, 5.74) is 1.05. The summed E-state index contributed by atoms with van der Waals surface area (Å²) in [5, 5.41) is 0. The highest BCUT2D eigenvalue weighted by atomic mass is 19.1. The van der Waals surface area contributed by atoms with Gasteiger partial charge in [0.2, 0.25) is 0 Å². The predicted octanol–water partition coefficient (Wildman–Crippen LogP) is 3.50. The van der Waals surface area contributed by atoms with Crippen LogP contribution in [-0.2, 0) is 17.8 Å². The minimum absolute atomic E-state index is 0.223. The first-order chi connectivity index (χ1) is 13.6. The normalized spacial score (nSPS) is 10.8. The van der Waals surface area contributed by atoms with Crippen LogP contribution >= 0.6 is 0 Å². The number of hydrogen-bond acceptors (Lipinski definition) is 3. The fourth-order valence-electron chi connectivity index (χ4n) is 2.90. The number of hydrogen-bond donors (Lipinski definition) is 0. The summed E-state index contributed by atoms with van der Waals surface area (Å²) in [5.74, 6) is -0.436. The Morgan fingerprint density at radius 3 is 2.61 bits per heavy atom. The van der Waals surface area contributed by atoms with Crippen LogP contribution in [-0.4, -0.2) is 40.6 Å². The van der Waals surface area contributed by atoms with E-state index < -0.39 is 5.82 Å². The zero-order valence-corrected chi connectivity index (χ0v) is 15.5. The molecule has 0 fully saturated rings. The van der Waals surface area contributed by atoms with Crippen molar-refractivity contribution < 1.29 is 18.3 Å². The van der Waals surface area contributed by atoms with Crippen molar-refractivity contribution in [3.63, 3.8) is 0 Å². The Labute approximate surface area is 162 Å². The van der Waals surface area contributed by atoms with Crippen LogP contribution in [0.2, 0.25) is 0 Å². The topological polar surface area (TPSA) is 47.4 Å². The summed E-state index contributed by atoms with van der Waals surface area (Å²) < 4.78 is 33.9. The predicted molar refractivity (Wildman–Crippen MR) is 101 cm³/mol. The molecule has 5 nitrogen and oxygen atoms in total. The average molecular weight is 385 g/mol. The van der Waals surface area contributed by atoms with Crippen molar-refractivity contribution in [3.05, 3.63) is 89.5 Å². The number of nitrogens with zero attached hydrogens (tertiary/aromatic N) is 3. The molecule has 0 bridgehead atoms. The maximum Gasteiger partial charge on any atom is 0.254 e. The van der Waals surface area contributed by atoms with Crippen LogP contribution < -0.4 is 0 Å². The van der Waals surface area contributed by atoms with Gasteiger partial charge >= 0.3 is 0 Å². The zero-order chi connectivity index (χ0) is 19.9. The summed E-state index contributed by atoms with van der Waals surface area (Å²) in [6, 6.07) is 11.9. The van der Waals surface area contributed by atoms with Crippen molar-refractivity contribution >= 4 is 5.91 Å². The third kappa shape index (κ3) is 5.01. The summed E-state index contributed by atoms with van der Waals surface area (Å²) in [6.07, 6.45) is 3.41. The highest BCUT2D eigenvalue weighted by Crippen LogP contribution is 2.13. The summed E-state index contributed by atoms with van der Waals surface area (Å²) >= 11 is 0. The van der Waals surface area contributed by atoms with E-state index >= 15 is 0 Å². The van der Waals surface area contributed by atoms with E-state index in [-0.39, 0.29) is 23.8 Å². The molecular formula is C21H21F2N3O2. The molecule has 1 heterocycles. The molecule has 3 aromatic rings. The maximum atomic E-state index is 13.5. The molecule has 0 aliphatic carbocycles. The van der Waals surface area contributed by atoms with Crippen molar-refractivity contribution in [2.45, 2.75) is 13.1 Å². The van der Waals surface area contributed by atoms with E-state index in [1.54, 1.807) is 36.5 Å². The molecule has 0 aliphatic rings. The van der Waals surface area contributed by atoms with Gasteiger partial charge in [-0.05, 0) is 35.9 Å². The Kier molecular flexibility index (Phi) is 6.49. The van der Waals surface area contributed by atoms with Crippen LogP contribution in [0.25, 0.3) is 0 Å². The maximum absolute atomic E-state index is 13.5. The number of benzene rings is 2. The highest BCUT2D eigenvalue weighted by molar-refractivity contribution is 5.94. The van der Waals surface area contributed by atoms with Crippen LogP contribution in [0.1, 0.15) is 21.7 Å². The minimum Gasteiger partial charge on any atom is -0.383 e. The number of methoxy groups -OCH3 is 1. The van der Waals surface area contributed by atoms with Crippen molar-refractivity contribution in [2.24, 2.45) is 0 Å². The Morgan fingerprint density at radius 2 is 1.89 bits per heavy atom. The Hall–Kier alpha value is -3.06. The molecule has 0 radical (unpaired) electrons. The van der Waals surface area contributed by atoms with Crippen LogP contribution in [0.5, 0.6) is 0 Å². The molecule has 0 N–H and O–H groups in total. The highest BCUT2D eigenvalue weighted by Gasteiger charge is 2.19. The minimum atomic E-state index is -0.467. The first kappa shape index (κ1) is 19.7. The largest absolute Gasteiger partial charge is 0.383 e. The van der Waals surface area contributed by atoms with Gasteiger partial charge in [-0.2, -0.15) is 0 Å². The molecule has 7 heteroatoms. The molecule has 146 valence electrons. The van der Waals surface area contributed by atoms with E-state index in [0.29, 0.717) is 25.5 Å². The van der Waals surface area contributed by atoms with Crippen molar-refractivity contribution in [1.82, 2.24) is 14.5 Å². The molecule has 0 unspecified atom stereocenters. The van der Waals surface area contributed by atoms with Gasteiger partial charge in [-0.1, -0.05) is 18.2 Å². The van der Waals surface area contributed by atoms with Crippen molar-refractivity contribution in [3.8, 4) is 0 Å². The Bertz CT molecular complexity index is 943. The van der Waals surface area contributed by atoms with E-state index in [2.05, 4.69) is 4.98 Å². The molecule has 0 atom stereocenters. The van der Waals surface area contributed by atoms with Crippen LogP contribution in [0.3, 0.4) is 0 Å². The SMILES string of the molecule is COCCN(Cc1nccn1Cc1cccc(F)c1)C(=O)c1cccc(F)c1. The van der Waals surface area contributed by atoms with Gasteiger partial charge in [0, 0.05) is 38.2 Å². The molecular weight excluding hydrogens is 364 g/mol. The van der Waals surface area contributed by atoms with Crippen molar-refractivity contribution in [2.75, 3.05) is 20.3 Å². The van der Waals surface area contributed by atoms with Gasteiger partial charge in [0.05, 0.1) is 13.2 Å². The number of ether oxygens (including phenoxy) is 1. The molecule has 0 saturated heterocycles. The number of aromatic nitrogens is 2. The lowest BCUT2D eigenvalue weighted by molar-refractivity contribution is 0.0673. The smallest absolute Gasteiger partial charge is 0.254 e. The third-order valence-corrected chi connectivity index (χ3v) is 4.30. The van der Waals surface area contributed by atoms with Gasteiger partial charge < -0.3 is 14.2 Å². The average Bonchev–Trinajstić information content (AvgIpc) is 3.11. The molecule has 28 heavy (non-hydrogen) atoms. The van der Waals surface area contributed by atoms with Crippen LogP contribution in [0, 0.1) is 11.6 Å². The molecule has 1 aromatic heterocycles. The number of imidazole rings is 1. The van der Waals surface area contributed by atoms with Crippen molar-refractivity contribution in [1.29, 1.82) is 0 Å². The number of carbonyl (C=O) groups excluding carboxylic acids is 1. The number of amides is 1. The van der Waals surface area contributed by atoms with Crippen LogP contribution in [0.4, 0.5) is 8.78 Å². The summed E-state index contributed by atoms with van der Waals surface area (Å²) in [6.45, 7) is 1.32. The number of halogens is 2. The fourth-order valence-corrected chi connectivity index (χ4v) is 2.90. The lowest BCUT2D eigenvalue weighted by Crippen LogP contribution is -2.34. The molecule has 3 rings (SSSR count). The standard InChI is InChI=1S/C21H21F2N3O2/c1-28-11-10-26(21(27)17-5-3-7-19(23)13-17)15-20-24-8-9-25(20)14-16-4-2-6-18(22)12-16/h2-9,12-13H,10-11,14-15H2,1H3. The van der Waals surface area contributed by atoms with E-state index in [4.69, 9.17) is 4.74 Å².